The highest BCUT2D eigenvalue weighted by Crippen LogP contribution is 2.35. The summed E-state index contributed by atoms with van der Waals surface area (Å²) in [6.07, 6.45) is 2.33. The number of carbonyl (C=O) groups is 1. The van der Waals surface area contributed by atoms with Crippen molar-refractivity contribution < 1.29 is 13.2 Å². The second-order valence-electron chi connectivity index (χ2n) is 7.76. The molecule has 1 atom stereocenters. The fourth-order valence-corrected chi connectivity index (χ4v) is 5.70. The number of aromatic nitrogens is 3. The van der Waals surface area contributed by atoms with Gasteiger partial charge >= 0.3 is 0 Å². The summed E-state index contributed by atoms with van der Waals surface area (Å²) >= 11 is 1.43. The van der Waals surface area contributed by atoms with Gasteiger partial charge in [-0.25, -0.2) is 12.7 Å². The van der Waals surface area contributed by atoms with Crippen LogP contribution in [-0.2, 0) is 14.8 Å². The number of thioether (sulfide) groups is 1. The molecule has 162 valence electrons. The summed E-state index contributed by atoms with van der Waals surface area (Å²) in [5.74, 6) is 0.777. The van der Waals surface area contributed by atoms with Crippen LogP contribution < -0.4 is 0 Å². The van der Waals surface area contributed by atoms with Crippen molar-refractivity contribution in [2.75, 3.05) is 14.1 Å². The summed E-state index contributed by atoms with van der Waals surface area (Å²) in [7, 11) is -0.576. The van der Waals surface area contributed by atoms with Crippen LogP contribution in [-0.4, -0.2) is 52.6 Å². The van der Waals surface area contributed by atoms with Crippen molar-refractivity contribution in [1.29, 1.82) is 0 Å². The number of hydrogen-bond acceptors (Lipinski definition) is 6. The van der Waals surface area contributed by atoms with Crippen LogP contribution in [0.25, 0.3) is 17.1 Å². The van der Waals surface area contributed by atoms with Crippen LogP contribution in [0.2, 0.25) is 0 Å². The van der Waals surface area contributed by atoms with E-state index in [1.807, 2.05) is 41.8 Å². The molecule has 2 aromatic carbocycles. The zero-order chi connectivity index (χ0) is 22.2. The van der Waals surface area contributed by atoms with Crippen molar-refractivity contribution >= 4 is 27.6 Å². The molecule has 0 radical (unpaired) electrons. The van der Waals surface area contributed by atoms with Gasteiger partial charge in [-0.2, -0.15) is 0 Å². The molecule has 1 aliphatic rings. The van der Waals surface area contributed by atoms with Gasteiger partial charge in [0.2, 0.25) is 10.0 Å². The molecule has 0 aliphatic heterocycles. The van der Waals surface area contributed by atoms with E-state index in [9.17, 15) is 13.2 Å². The zero-order valence-corrected chi connectivity index (χ0v) is 19.3. The first kappa shape index (κ1) is 21.7. The van der Waals surface area contributed by atoms with Crippen molar-refractivity contribution in [3.63, 3.8) is 0 Å². The summed E-state index contributed by atoms with van der Waals surface area (Å²) in [5.41, 5.74) is 2.59. The molecule has 3 aromatic rings. The molecule has 9 heteroatoms. The Morgan fingerprint density at radius 2 is 1.87 bits per heavy atom. The molecule has 1 saturated carbocycles. The molecule has 0 N–H and O–H groups in total. The lowest BCUT2D eigenvalue weighted by molar-refractivity contribution is -0.116. The normalized spacial score (nSPS) is 16.9. The second kappa shape index (κ2) is 8.57. The first-order valence-electron chi connectivity index (χ1n) is 10.0. The molecule has 1 aliphatic carbocycles. The fraction of sp³-hybridized carbons (Fsp3) is 0.318. The number of Topliss-reactive ketones (excluding diaryl/α,β-unsaturated/α-hetero) is 1. The Bertz CT molecular complexity index is 1240. The number of ketones is 1. The molecular weight excluding hydrogens is 432 g/mol. The number of rotatable bonds is 6. The van der Waals surface area contributed by atoms with Gasteiger partial charge in [-0.1, -0.05) is 36.0 Å². The van der Waals surface area contributed by atoms with Crippen molar-refractivity contribution in [3.8, 4) is 17.1 Å². The molecule has 4 rings (SSSR count). The second-order valence-corrected chi connectivity index (χ2v) is 11.1. The third-order valence-corrected chi connectivity index (χ3v) is 8.33. The number of nitrogens with zero attached hydrogens (tertiary/aromatic N) is 4. The minimum atomic E-state index is -3.58. The van der Waals surface area contributed by atoms with Gasteiger partial charge in [-0.15, -0.1) is 10.2 Å². The van der Waals surface area contributed by atoms with Gasteiger partial charge in [-0.3, -0.25) is 9.36 Å². The predicted molar refractivity (Wildman–Crippen MR) is 121 cm³/mol. The van der Waals surface area contributed by atoms with Gasteiger partial charge in [0.1, 0.15) is 5.78 Å². The fourth-order valence-electron chi connectivity index (χ4n) is 3.58. The largest absolute Gasteiger partial charge is 0.298 e. The monoisotopic (exact) mass is 456 g/mol. The van der Waals surface area contributed by atoms with Crippen LogP contribution in [0.1, 0.15) is 24.8 Å². The number of aryl methyl sites for hydroxylation is 1. The van der Waals surface area contributed by atoms with Crippen molar-refractivity contribution in [3.05, 3.63) is 54.1 Å². The van der Waals surface area contributed by atoms with Crippen LogP contribution in [0.4, 0.5) is 0 Å². The van der Waals surface area contributed by atoms with Gasteiger partial charge in [0, 0.05) is 31.8 Å². The van der Waals surface area contributed by atoms with Crippen LogP contribution in [0.5, 0.6) is 0 Å². The minimum Gasteiger partial charge on any atom is -0.298 e. The Kier molecular flexibility index (Phi) is 6.00. The van der Waals surface area contributed by atoms with E-state index < -0.39 is 10.0 Å². The van der Waals surface area contributed by atoms with Crippen molar-refractivity contribution in [2.45, 2.75) is 41.5 Å². The molecule has 31 heavy (non-hydrogen) atoms. The number of carbonyl (C=O) groups excluding carboxylic acids is 1. The van der Waals surface area contributed by atoms with Gasteiger partial charge in [-0.05, 0) is 49.6 Å². The maximum atomic E-state index is 12.6. The highest BCUT2D eigenvalue weighted by Gasteiger charge is 2.29. The summed E-state index contributed by atoms with van der Waals surface area (Å²) in [6.45, 7) is 2.01. The van der Waals surface area contributed by atoms with E-state index in [0.717, 1.165) is 24.1 Å². The summed E-state index contributed by atoms with van der Waals surface area (Å²) in [5, 5.41) is 9.29. The van der Waals surface area contributed by atoms with Gasteiger partial charge < -0.3 is 0 Å². The Morgan fingerprint density at radius 3 is 2.55 bits per heavy atom. The van der Waals surface area contributed by atoms with Crippen molar-refractivity contribution in [2.24, 2.45) is 0 Å². The number of sulfonamides is 1. The van der Waals surface area contributed by atoms with E-state index in [4.69, 9.17) is 0 Å². The maximum Gasteiger partial charge on any atom is 0.242 e. The molecule has 0 amide bonds. The van der Waals surface area contributed by atoms with Crippen LogP contribution in [0, 0.1) is 6.92 Å². The van der Waals surface area contributed by atoms with Gasteiger partial charge in [0.25, 0.3) is 0 Å². The van der Waals surface area contributed by atoms with E-state index in [2.05, 4.69) is 10.2 Å². The Labute approximate surface area is 186 Å². The molecule has 0 spiro atoms. The molecule has 1 fully saturated rings. The summed E-state index contributed by atoms with van der Waals surface area (Å²) < 4.78 is 28.3. The standard InChI is InChI=1S/C22H24N4O3S2/c1-15-7-4-9-17(13-15)26-21(23-24-22(26)30-20-12-6-11-19(20)27)16-8-5-10-18(14-16)31(28,29)25(2)3/h4-5,7-10,13-14,20H,6,11-12H2,1-3H3/t20-/m0/s1. The van der Waals surface area contributed by atoms with Crippen LogP contribution >= 0.6 is 11.8 Å². The maximum absolute atomic E-state index is 12.6. The van der Waals surface area contributed by atoms with E-state index in [1.165, 1.54) is 30.2 Å². The molecule has 0 bridgehead atoms. The van der Waals surface area contributed by atoms with Crippen LogP contribution in [0.3, 0.4) is 0 Å². The number of benzene rings is 2. The molecule has 0 unspecified atom stereocenters. The quantitative estimate of drug-likeness (QED) is 0.562. The average molecular weight is 457 g/mol. The molecule has 1 heterocycles. The smallest absolute Gasteiger partial charge is 0.242 e. The summed E-state index contributed by atoms with van der Waals surface area (Å²) in [6, 6.07) is 14.6. The van der Waals surface area contributed by atoms with Gasteiger partial charge in [0.15, 0.2) is 11.0 Å². The Balaban J connectivity index is 1.84. The third kappa shape index (κ3) is 4.30. The van der Waals surface area contributed by atoms with E-state index in [-0.39, 0.29) is 15.9 Å². The lowest BCUT2D eigenvalue weighted by Gasteiger charge is -2.14. The molecule has 7 nitrogen and oxygen atoms in total. The first-order chi connectivity index (χ1) is 14.8. The van der Waals surface area contributed by atoms with E-state index >= 15 is 0 Å². The van der Waals surface area contributed by atoms with Gasteiger partial charge in [0.05, 0.1) is 10.1 Å². The van der Waals surface area contributed by atoms with Crippen LogP contribution in [0.15, 0.2) is 58.6 Å². The Morgan fingerprint density at radius 1 is 1.10 bits per heavy atom. The van der Waals surface area contributed by atoms with E-state index in [1.54, 1.807) is 18.2 Å². The SMILES string of the molecule is Cc1cccc(-n2c(S[C@H]3CCCC3=O)nnc2-c2cccc(S(=O)(=O)N(C)C)c2)c1. The minimum absolute atomic E-state index is 0.124. The predicted octanol–water partition coefficient (Wildman–Crippen LogP) is 3.71. The third-order valence-electron chi connectivity index (χ3n) is 5.26. The first-order valence-corrected chi connectivity index (χ1v) is 12.3. The number of hydrogen-bond donors (Lipinski definition) is 0. The molecule has 0 saturated heterocycles. The van der Waals surface area contributed by atoms with E-state index in [0.29, 0.717) is 23.0 Å². The molecular formula is C22H24N4O3S2. The summed E-state index contributed by atoms with van der Waals surface area (Å²) in [4.78, 5) is 12.4. The lowest BCUT2D eigenvalue weighted by atomic mass is 10.2. The molecule has 1 aromatic heterocycles. The zero-order valence-electron chi connectivity index (χ0n) is 17.6. The lowest BCUT2D eigenvalue weighted by Crippen LogP contribution is -2.22. The highest BCUT2D eigenvalue weighted by molar-refractivity contribution is 8.00. The topological polar surface area (TPSA) is 85.2 Å². The van der Waals surface area contributed by atoms with Crippen molar-refractivity contribution in [1.82, 2.24) is 19.1 Å². The highest BCUT2D eigenvalue weighted by atomic mass is 32.2. The Hall–Kier alpha value is -2.49. The average Bonchev–Trinajstić information content (AvgIpc) is 3.34.